The molecule has 0 aliphatic rings. The molecular formula is C16H18ClNO3. The average molecular weight is 308 g/mol. The van der Waals surface area contributed by atoms with Crippen molar-refractivity contribution in [3.63, 3.8) is 0 Å². The lowest BCUT2D eigenvalue weighted by atomic mass is 10.1. The van der Waals surface area contributed by atoms with Crippen LogP contribution in [-0.2, 0) is 6.42 Å². The highest BCUT2D eigenvalue weighted by molar-refractivity contribution is 6.30. The monoisotopic (exact) mass is 307 g/mol. The summed E-state index contributed by atoms with van der Waals surface area (Å²) in [5.74, 6) is 2.42. The topological polar surface area (TPSA) is 53.7 Å². The molecule has 2 aromatic carbocycles. The fourth-order valence-electron chi connectivity index (χ4n) is 2.03. The van der Waals surface area contributed by atoms with Gasteiger partial charge < -0.3 is 19.9 Å². The van der Waals surface area contributed by atoms with Gasteiger partial charge in [0.25, 0.3) is 0 Å². The van der Waals surface area contributed by atoms with Crippen molar-refractivity contribution in [3.05, 3.63) is 47.0 Å². The number of methoxy groups -OCH3 is 2. The van der Waals surface area contributed by atoms with E-state index in [1.54, 1.807) is 20.3 Å². The summed E-state index contributed by atoms with van der Waals surface area (Å²) in [7, 11) is 3.18. The van der Waals surface area contributed by atoms with Crippen LogP contribution in [0.3, 0.4) is 0 Å². The fraction of sp³-hybridized carbons (Fsp3) is 0.250. The maximum absolute atomic E-state index is 6.03. The van der Waals surface area contributed by atoms with Crippen molar-refractivity contribution in [2.45, 2.75) is 6.42 Å². The molecule has 0 aliphatic heterocycles. The lowest BCUT2D eigenvalue weighted by Gasteiger charge is -2.16. The summed E-state index contributed by atoms with van der Waals surface area (Å²) < 4.78 is 16.7. The van der Waals surface area contributed by atoms with Gasteiger partial charge >= 0.3 is 0 Å². The van der Waals surface area contributed by atoms with Crippen LogP contribution in [0.4, 0.5) is 0 Å². The molecule has 2 rings (SSSR count). The van der Waals surface area contributed by atoms with Crippen LogP contribution < -0.4 is 19.9 Å². The van der Waals surface area contributed by atoms with Gasteiger partial charge in [0.2, 0.25) is 5.75 Å². The second kappa shape index (κ2) is 7.20. The van der Waals surface area contributed by atoms with Gasteiger partial charge in [-0.05, 0) is 48.9 Å². The van der Waals surface area contributed by atoms with Crippen LogP contribution in [0.15, 0.2) is 36.4 Å². The Hall–Kier alpha value is -1.91. The molecule has 0 radical (unpaired) electrons. The van der Waals surface area contributed by atoms with Gasteiger partial charge in [-0.25, -0.2) is 0 Å². The van der Waals surface area contributed by atoms with Crippen molar-refractivity contribution in [1.29, 1.82) is 0 Å². The van der Waals surface area contributed by atoms with Crippen LogP contribution in [0.1, 0.15) is 5.56 Å². The van der Waals surface area contributed by atoms with E-state index in [-0.39, 0.29) is 0 Å². The average Bonchev–Trinajstić information content (AvgIpc) is 2.50. The molecule has 0 bridgehead atoms. The molecule has 0 heterocycles. The first-order valence-corrected chi connectivity index (χ1v) is 6.94. The largest absolute Gasteiger partial charge is 0.493 e. The fourth-order valence-corrected chi connectivity index (χ4v) is 2.22. The Morgan fingerprint density at radius 3 is 2.24 bits per heavy atom. The molecule has 0 amide bonds. The summed E-state index contributed by atoms with van der Waals surface area (Å²) in [6.45, 7) is 0.514. The zero-order valence-electron chi connectivity index (χ0n) is 12.1. The normalized spacial score (nSPS) is 10.3. The van der Waals surface area contributed by atoms with Gasteiger partial charge in [0.1, 0.15) is 5.75 Å². The van der Waals surface area contributed by atoms with Crippen LogP contribution >= 0.6 is 11.6 Å². The lowest BCUT2D eigenvalue weighted by Crippen LogP contribution is -2.04. The smallest absolute Gasteiger partial charge is 0.211 e. The molecule has 0 saturated carbocycles. The molecule has 5 heteroatoms. The molecule has 0 atom stereocenters. The third kappa shape index (κ3) is 3.60. The van der Waals surface area contributed by atoms with E-state index in [1.165, 1.54) is 0 Å². The maximum Gasteiger partial charge on any atom is 0.211 e. The Bertz CT molecular complexity index is 594. The van der Waals surface area contributed by atoms with Gasteiger partial charge in [-0.1, -0.05) is 17.7 Å². The summed E-state index contributed by atoms with van der Waals surface area (Å²) in [5.41, 5.74) is 6.58. The van der Waals surface area contributed by atoms with Gasteiger partial charge in [0.15, 0.2) is 11.5 Å². The SMILES string of the molecule is COc1cccc(OC)c1Oc1ccc(Cl)cc1CCN. The second-order valence-corrected chi connectivity index (χ2v) is 4.82. The van der Waals surface area contributed by atoms with E-state index in [2.05, 4.69) is 0 Å². The number of ether oxygens (including phenoxy) is 3. The third-order valence-electron chi connectivity index (χ3n) is 3.03. The van der Waals surface area contributed by atoms with Crippen molar-refractivity contribution in [1.82, 2.24) is 0 Å². The number of benzene rings is 2. The van der Waals surface area contributed by atoms with Crippen molar-refractivity contribution < 1.29 is 14.2 Å². The predicted molar refractivity (Wildman–Crippen MR) is 83.8 cm³/mol. The quantitative estimate of drug-likeness (QED) is 0.885. The van der Waals surface area contributed by atoms with Crippen molar-refractivity contribution in [2.24, 2.45) is 5.73 Å². The molecule has 2 aromatic rings. The first kappa shape index (κ1) is 15.5. The number of hydrogen-bond acceptors (Lipinski definition) is 4. The van der Waals surface area contributed by atoms with Crippen LogP contribution in [0.25, 0.3) is 0 Å². The molecule has 112 valence electrons. The first-order valence-electron chi connectivity index (χ1n) is 6.57. The zero-order valence-corrected chi connectivity index (χ0v) is 12.8. The summed E-state index contributed by atoms with van der Waals surface area (Å²) >= 11 is 6.03. The molecule has 0 unspecified atom stereocenters. The Morgan fingerprint density at radius 1 is 1.00 bits per heavy atom. The van der Waals surface area contributed by atoms with E-state index < -0.39 is 0 Å². The summed E-state index contributed by atoms with van der Waals surface area (Å²) in [6, 6.07) is 10.9. The van der Waals surface area contributed by atoms with E-state index >= 15 is 0 Å². The minimum atomic E-state index is 0.514. The lowest BCUT2D eigenvalue weighted by molar-refractivity contribution is 0.345. The summed E-state index contributed by atoms with van der Waals surface area (Å²) in [6.07, 6.45) is 0.674. The Morgan fingerprint density at radius 2 is 1.67 bits per heavy atom. The number of hydrogen-bond donors (Lipinski definition) is 1. The van der Waals surface area contributed by atoms with Crippen LogP contribution in [0.5, 0.6) is 23.0 Å². The van der Waals surface area contributed by atoms with Gasteiger partial charge in [0, 0.05) is 5.02 Å². The molecule has 21 heavy (non-hydrogen) atoms. The predicted octanol–water partition coefficient (Wildman–Crippen LogP) is 3.65. The zero-order chi connectivity index (χ0) is 15.2. The molecule has 0 saturated heterocycles. The Kier molecular flexibility index (Phi) is 5.31. The minimum absolute atomic E-state index is 0.514. The molecule has 0 aromatic heterocycles. The Balaban J connectivity index is 2.42. The highest BCUT2D eigenvalue weighted by Crippen LogP contribution is 2.41. The highest BCUT2D eigenvalue weighted by Gasteiger charge is 2.14. The van der Waals surface area contributed by atoms with E-state index in [9.17, 15) is 0 Å². The number of para-hydroxylation sites is 1. The van der Waals surface area contributed by atoms with Gasteiger partial charge in [-0.15, -0.1) is 0 Å². The van der Waals surface area contributed by atoms with E-state index in [0.29, 0.717) is 41.0 Å². The van der Waals surface area contributed by atoms with Gasteiger partial charge in [0.05, 0.1) is 14.2 Å². The number of halogens is 1. The molecule has 0 spiro atoms. The molecular weight excluding hydrogens is 290 g/mol. The van der Waals surface area contributed by atoms with Crippen LogP contribution in [-0.4, -0.2) is 20.8 Å². The van der Waals surface area contributed by atoms with E-state index in [4.69, 9.17) is 31.5 Å². The second-order valence-electron chi connectivity index (χ2n) is 4.38. The van der Waals surface area contributed by atoms with Crippen molar-refractivity contribution >= 4 is 11.6 Å². The van der Waals surface area contributed by atoms with E-state index in [1.807, 2.05) is 30.3 Å². The van der Waals surface area contributed by atoms with Gasteiger partial charge in [-0.3, -0.25) is 0 Å². The van der Waals surface area contributed by atoms with E-state index in [0.717, 1.165) is 5.56 Å². The molecule has 2 N–H and O–H groups in total. The Labute approximate surface area is 129 Å². The molecule has 0 aliphatic carbocycles. The summed E-state index contributed by atoms with van der Waals surface area (Å²) in [5, 5.41) is 0.651. The van der Waals surface area contributed by atoms with Crippen LogP contribution in [0, 0.1) is 0 Å². The van der Waals surface area contributed by atoms with Crippen molar-refractivity contribution in [3.8, 4) is 23.0 Å². The number of rotatable bonds is 6. The van der Waals surface area contributed by atoms with Crippen molar-refractivity contribution in [2.75, 3.05) is 20.8 Å². The summed E-state index contributed by atoms with van der Waals surface area (Å²) in [4.78, 5) is 0. The minimum Gasteiger partial charge on any atom is -0.493 e. The standard InChI is InChI=1S/C16H18ClNO3/c1-19-14-4-3-5-15(20-2)16(14)21-13-7-6-12(17)10-11(13)8-9-18/h3-7,10H,8-9,18H2,1-2H3. The molecule has 0 fully saturated rings. The number of nitrogens with two attached hydrogens (primary N) is 1. The first-order chi connectivity index (χ1) is 10.2. The van der Waals surface area contributed by atoms with Gasteiger partial charge in [-0.2, -0.15) is 0 Å². The maximum atomic E-state index is 6.03. The molecule has 4 nitrogen and oxygen atoms in total. The highest BCUT2D eigenvalue weighted by atomic mass is 35.5. The van der Waals surface area contributed by atoms with Crippen LogP contribution in [0.2, 0.25) is 5.02 Å². The third-order valence-corrected chi connectivity index (χ3v) is 3.27.